The number of aromatic nitrogens is 3. The molecule has 0 saturated heterocycles. The third kappa shape index (κ3) is 5.71. The molecule has 0 spiro atoms. The summed E-state index contributed by atoms with van der Waals surface area (Å²) in [6.45, 7) is 6.55. The molecule has 3 rings (SSSR count). The smallest absolute Gasteiger partial charge is 0.230 e. The van der Waals surface area contributed by atoms with Crippen LogP contribution in [0.4, 0.5) is 0 Å². The zero-order valence-electron chi connectivity index (χ0n) is 16.6. The van der Waals surface area contributed by atoms with E-state index in [0.717, 1.165) is 23.0 Å². The van der Waals surface area contributed by atoms with Crippen LogP contribution in [-0.4, -0.2) is 26.4 Å². The van der Waals surface area contributed by atoms with Crippen LogP contribution in [0.2, 0.25) is 0 Å². The number of nitrogens with zero attached hydrogens (tertiary/aromatic N) is 3. The first kappa shape index (κ1) is 20.6. The Labute approximate surface area is 172 Å². The summed E-state index contributed by atoms with van der Waals surface area (Å²) in [6.07, 6.45) is 9.40. The number of benzene rings is 1. The maximum atomic E-state index is 12.4. The van der Waals surface area contributed by atoms with E-state index in [1.54, 1.807) is 0 Å². The monoisotopic (exact) mass is 398 g/mol. The lowest BCUT2D eigenvalue weighted by Crippen LogP contribution is -2.28. The minimum atomic E-state index is -0.0118. The second-order valence-electron chi connectivity index (χ2n) is 7.49. The highest BCUT2D eigenvalue weighted by atomic mass is 32.2. The van der Waals surface area contributed by atoms with Crippen molar-refractivity contribution >= 4 is 17.7 Å². The Morgan fingerprint density at radius 3 is 2.75 bits per heavy atom. The molecule has 28 heavy (non-hydrogen) atoms. The number of allylic oxidation sites excluding steroid dienone is 1. The number of rotatable bonds is 9. The van der Waals surface area contributed by atoms with Gasteiger partial charge >= 0.3 is 0 Å². The molecule has 5 nitrogen and oxygen atoms in total. The first-order chi connectivity index (χ1) is 13.7. The zero-order chi connectivity index (χ0) is 19.8. The van der Waals surface area contributed by atoms with Crippen molar-refractivity contribution in [1.29, 1.82) is 0 Å². The fourth-order valence-electron chi connectivity index (χ4n) is 3.78. The van der Waals surface area contributed by atoms with Crippen molar-refractivity contribution in [3.05, 3.63) is 54.4 Å². The molecule has 1 aliphatic carbocycles. The SMILES string of the molecule is C=CCn1c(CC2CCCCC2)nnc1SCC(=O)NC(C)c1ccccc1. The van der Waals surface area contributed by atoms with Gasteiger partial charge in [0.25, 0.3) is 0 Å². The van der Waals surface area contributed by atoms with Gasteiger partial charge in [0, 0.05) is 13.0 Å². The standard InChI is InChI=1S/C22H30N4OS/c1-3-14-26-20(15-18-10-6-4-7-11-18)24-25-22(26)28-16-21(27)23-17(2)19-12-8-5-9-13-19/h3,5,8-9,12-13,17-18H,1,4,6-7,10-11,14-16H2,2H3,(H,23,27). The molecular weight excluding hydrogens is 368 g/mol. The van der Waals surface area contributed by atoms with Crippen molar-refractivity contribution in [3.8, 4) is 0 Å². The number of amides is 1. The summed E-state index contributed by atoms with van der Waals surface area (Å²) in [6, 6.07) is 9.98. The van der Waals surface area contributed by atoms with Gasteiger partial charge in [0.1, 0.15) is 5.82 Å². The topological polar surface area (TPSA) is 59.8 Å². The van der Waals surface area contributed by atoms with Crippen LogP contribution in [0.25, 0.3) is 0 Å². The molecule has 1 aromatic heterocycles. The van der Waals surface area contributed by atoms with Crippen molar-refractivity contribution in [3.63, 3.8) is 0 Å². The van der Waals surface area contributed by atoms with Gasteiger partial charge < -0.3 is 9.88 Å². The van der Waals surface area contributed by atoms with Crippen LogP contribution >= 0.6 is 11.8 Å². The van der Waals surface area contributed by atoms with Gasteiger partial charge in [-0.15, -0.1) is 16.8 Å². The van der Waals surface area contributed by atoms with E-state index in [2.05, 4.69) is 26.7 Å². The van der Waals surface area contributed by atoms with E-state index in [9.17, 15) is 4.79 Å². The quantitative estimate of drug-likeness (QED) is 0.497. The normalized spacial score (nSPS) is 15.9. The van der Waals surface area contributed by atoms with Crippen LogP contribution < -0.4 is 5.32 Å². The first-order valence-electron chi connectivity index (χ1n) is 10.2. The maximum absolute atomic E-state index is 12.4. The van der Waals surface area contributed by atoms with Crippen molar-refractivity contribution in [2.24, 2.45) is 5.92 Å². The highest BCUT2D eigenvalue weighted by Crippen LogP contribution is 2.27. The predicted octanol–water partition coefficient (Wildman–Crippen LogP) is 4.56. The Hall–Kier alpha value is -2.08. The Bertz CT molecular complexity index is 768. The summed E-state index contributed by atoms with van der Waals surface area (Å²) in [5.41, 5.74) is 1.10. The third-order valence-corrected chi connectivity index (χ3v) is 6.28. The molecule has 0 bridgehead atoms. The number of carbonyl (C=O) groups excluding carboxylic acids is 1. The summed E-state index contributed by atoms with van der Waals surface area (Å²) in [5, 5.41) is 12.6. The highest BCUT2D eigenvalue weighted by molar-refractivity contribution is 7.99. The summed E-state index contributed by atoms with van der Waals surface area (Å²) in [7, 11) is 0. The first-order valence-corrected chi connectivity index (χ1v) is 11.2. The molecule has 1 fully saturated rings. The summed E-state index contributed by atoms with van der Waals surface area (Å²) >= 11 is 1.44. The van der Waals surface area contributed by atoms with E-state index >= 15 is 0 Å². The molecule has 6 heteroatoms. The molecule has 1 heterocycles. The van der Waals surface area contributed by atoms with E-state index in [1.165, 1.54) is 43.9 Å². The van der Waals surface area contributed by atoms with Gasteiger partial charge in [-0.25, -0.2) is 0 Å². The third-order valence-electron chi connectivity index (χ3n) is 5.31. The van der Waals surface area contributed by atoms with Crippen molar-refractivity contribution in [2.75, 3.05) is 5.75 Å². The lowest BCUT2D eigenvalue weighted by molar-refractivity contribution is -0.119. The Balaban J connectivity index is 1.57. The van der Waals surface area contributed by atoms with E-state index < -0.39 is 0 Å². The van der Waals surface area contributed by atoms with E-state index in [0.29, 0.717) is 18.2 Å². The number of hydrogen-bond donors (Lipinski definition) is 1. The number of hydrogen-bond acceptors (Lipinski definition) is 4. The maximum Gasteiger partial charge on any atom is 0.230 e. The van der Waals surface area contributed by atoms with Gasteiger partial charge in [0.2, 0.25) is 5.91 Å². The van der Waals surface area contributed by atoms with Gasteiger partial charge in [-0.2, -0.15) is 0 Å². The summed E-state index contributed by atoms with van der Waals surface area (Å²) in [5.74, 6) is 2.06. The fourth-order valence-corrected chi connectivity index (χ4v) is 4.55. The minimum Gasteiger partial charge on any atom is -0.349 e. The molecule has 1 unspecified atom stereocenters. The minimum absolute atomic E-state index is 0.00309. The molecule has 1 N–H and O–H groups in total. The Kier molecular flexibility index (Phi) is 7.71. The molecular formula is C22H30N4OS. The van der Waals surface area contributed by atoms with Crippen molar-refractivity contribution in [2.45, 2.75) is 63.2 Å². The molecule has 1 amide bonds. The van der Waals surface area contributed by atoms with E-state index in [-0.39, 0.29) is 11.9 Å². The molecule has 1 aliphatic rings. The summed E-state index contributed by atoms with van der Waals surface area (Å²) in [4.78, 5) is 12.4. The molecule has 1 saturated carbocycles. The zero-order valence-corrected chi connectivity index (χ0v) is 17.5. The average molecular weight is 399 g/mol. The van der Waals surface area contributed by atoms with Crippen LogP contribution in [0.3, 0.4) is 0 Å². The van der Waals surface area contributed by atoms with E-state index in [4.69, 9.17) is 0 Å². The lowest BCUT2D eigenvalue weighted by atomic mass is 9.87. The molecule has 1 atom stereocenters. The summed E-state index contributed by atoms with van der Waals surface area (Å²) < 4.78 is 2.11. The second-order valence-corrected chi connectivity index (χ2v) is 8.44. The van der Waals surface area contributed by atoms with Gasteiger partial charge in [0.15, 0.2) is 5.16 Å². The van der Waals surface area contributed by atoms with Crippen LogP contribution in [-0.2, 0) is 17.8 Å². The van der Waals surface area contributed by atoms with Gasteiger partial charge in [-0.3, -0.25) is 4.79 Å². The number of carbonyl (C=O) groups is 1. The van der Waals surface area contributed by atoms with E-state index in [1.807, 2.05) is 43.3 Å². The number of thioether (sulfide) groups is 1. The second kappa shape index (κ2) is 10.5. The molecule has 0 aliphatic heterocycles. The average Bonchev–Trinajstić information content (AvgIpc) is 3.09. The van der Waals surface area contributed by atoms with Crippen LogP contribution in [0.1, 0.15) is 56.5 Å². The van der Waals surface area contributed by atoms with Gasteiger partial charge in [-0.1, -0.05) is 80.3 Å². The number of nitrogens with one attached hydrogen (secondary N) is 1. The van der Waals surface area contributed by atoms with Gasteiger partial charge in [-0.05, 0) is 18.4 Å². The van der Waals surface area contributed by atoms with Crippen LogP contribution in [0.5, 0.6) is 0 Å². The lowest BCUT2D eigenvalue weighted by Gasteiger charge is -2.21. The van der Waals surface area contributed by atoms with Crippen molar-refractivity contribution < 1.29 is 4.79 Å². The molecule has 1 aromatic carbocycles. The molecule has 2 aromatic rings. The fraction of sp³-hybridized carbons (Fsp3) is 0.500. The van der Waals surface area contributed by atoms with Gasteiger partial charge in [0.05, 0.1) is 11.8 Å². The van der Waals surface area contributed by atoms with Crippen LogP contribution in [0, 0.1) is 5.92 Å². The largest absolute Gasteiger partial charge is 0.349 e. The van der Waals surface area contributed by atoms with Crippen LogP contribution in [0.15, 0.2) is 48.1 Å². The Morgan fingerprint density at radius 1 is 1.29 bits per heavy atom. The molecule has 150 valence electrons. The predicted molar refractivity (Wildman–Crippen MR) is 114 cm³/mol. The van der Waals surface area contributed by atoms with Crippen molar-refractivity contribution in [1.82, 2.24) is 20.1 Å². The highest BCUT2D eigenvalue weighted by Gasteiger charge is 2.20. The molecule has 0 radical (unpaired) electrons. The Morgan fingerprint density at radius 2 is 2.04 bits per heavy atom.